The van der Waals surface area contributed by atoms with E-state index in [4.69, 9.17) is 4.74 Å². The molecule has 96 valence electrons. The first-order valence-corrected chi connectivity index (χ1v) is 5.96. The van der Waals surface area contributed by atoms with E-state index >= 15 is 0 Å². The Morgan fingerprint density at radius 3 is 2.47 bits per heavy atom. The van der Waals surface area contributed by atoms with Crippen molar-refractivity contribution in [1.82, 2.24) is 4.98 Å². The van der Waals surface area contributed by atoms with Gasteiger partial charge in [0, 0.05) is 19.7 Å². The normalized spacial score (nSPS) is 12.8. The number of hydrogen-bond acceptors (Lipinski definition) is 4. The molecule has 4 nitrogen and oxygen atoms in total. The highest BCUT2D eigenvalue weighted by molar-refractivity contribution is 5.45. The molecule has 0 fully saturated rings. The van der Waals surface area contributed by atoms with Gasteiger partial charge in [-0.25, -0.2) is 0 Å². The summed E-state index contributed by atoms with van der Waals surface area (Å²) in [4.78, 5) is 6.48. The highest BCUT2D eigenvalue weighted by atomic mass is 16.5. The molecule has 1 atom stereocenters. The number of ether oxygens (including phenoxy) is 1. The van der Waals surface area contributed by atoms with Gasteiger partial charge in [0.05, 0.1) is 30.3 Å². The highest BCUT2D eigenvalue weighted by Crippen LogP contribution is 2.18. The maximum atomic E-state index is 9.41. The summed E-state index contributed by atoms with van der Waals surface area (Å²) in [5.41, 5.74) is 1.76. The van der Waals surface area contributed by atoms with Gasteiger partial charge in [0.25, 0.3) is 0 Å². The Hall–Kier alpha value is -1.13. The standard InChI is InChI=1S/C13H22N2O2/c1-10(2)15(7-8-17-4)12-5-6-13(11(3)16)14-9-12/h5-6,9-11,16H,7-8H2,1-4H3/t11-/m0/s1. The molecule has 0 spiro atoms. The lowest BCUT2D eigenvalue weighted by atomic mass is 10.2. The predicted molar refractivity (Wildman–Crippen MR) is 69.2 cm³/mol. The van der Waals surface area contributed by atoms with E-state index in [1.807, 2.05) is 12.1 Å². The summed E-state index contributed by atoms with van der Waals surface area (Å²) in [5.74, 6) is 0. The molecule has 0 unspecified atom stereocenters. The molecule has 0 aromatic carbocycles. The summed E-state index contributed by atoms with van der Waals surface area (Å²) in [6.07, 6.45) is 1.29. The summed E-state index contributed by atoms with van der Waals surface area (Å²) in [6.45, 7) is 7.52. The number of pyridine rings is 1. The Labute approximate surface area is 103 Å². The lowest BCUT2D eigenvalue weighted by molar-refractivity contribution is 0.194. The number of methoxy groups -OCH3 is 1. The number of aromatic nitrogens is 1. The third-order valence-electron chi connectivity index (χ3n) is 2.69. The van der Waals surface area contributed by atoms with Crippen molar-refractivity contribution in [2.75, 3.05) is 25.2 Å². The van der Waals surface area contributed by atoms with Crippen LogP contribution in [0.5, 0.6) is 0 Å². The smallest absolute Gasteiger partial charge is 0.0931 e. The molecule has 1 rings (SSSR count). The molecule has 1 heterocycles. The summed E-state index contributed by atoms with van der Waals surface area (Å²) in [7, 11) is 1.70. The monoisotopic (exact) mass is 238 g/mol. The Morgan fingerprint density at radius 2 is 2.06 bits per heavy atom. The fourth-order valence-electron chi connectivity index (χ4n) is 1.69. The fraction of sp³-hybridized carbons (Fsp3) is 0.615. The van der Waals surface area contributed by atoms with Crippen molar-refractivity contribution < 1.29 is 9.84 Å². The van der Waals surface area contributed by atoms with Crippen LogP contribution in [0.25, 0.3) is 0 Å². The van der Waals surface area contributed by atoms with E-state index in [9.17, 15) is 5.11 Å². The number of anilines is 1. The topological polar surface area (TPSA) is 45.6 Å². The lowest BCUT2D eigenvalue weighted by Gasteiger charge is -2.28. The third kappa shape index (κ3) is 3.98. The predicted octanol–water partition coefficient (Wildman–Crippen LogP) is 2.00. The molecule has 0 saturated carbocycles. The van der Waals surface area contributed by atoms with Crippen molar-refractivity contribution in [3.63, 3.8) is 0 Å². The first-order valence-electron chi connectivity index (χ1n) is 5.96. The molecule has 1 aromatic heterocycles. The maximum Gasteiger partial charge on any atom is 0.0931 e. The van der Waals surface area contributed by atoms with E-state index in [0.29, 0.717) is 18.3 Å². The van der Waals surface area contributed by atoms with Crippen LogP contribution >= 0.6 is 0 Å². The molecule has 0 saturated heterocycles. The summed E-state index contributed by atoms with van der Waals surface area (Å²) in [6, 6.07) is 4.25. The van der Waals surface area contributed by atoms with E-state index in [0.717, 1.165) is 12.2 Å². The Morgan fingerprint density at radius 1 is 1.35 bits per heavy atom. The van der Waals surface area contributed by atoms with Gasteiger partial charge in [0.1, 0.15) is 0 Å². The number of hydrogen-bond donors (Lipinski definition) is 1. The van der Waals surface area contributed by atoms with Crippen molar-refractivity contribution in [2.45, 2.75) is 32.9 Å². The fourth-order valence-corrected chi connectivity index (χ4v) is 1.69. The minimum atomic E-state index is -0.518. The van der Waals surface area contributed by atoms with Crippen molar-refractivity contribution in [2.24, 2.45) is 0 Å². The molecule has 4 heteroatoms. The molecule has 17 heavy (non-hydrogen) atoms. The minimum Gasteiger partial charge on any atom is -0.387 e. The summed E-state index contributed by atoms with van der Waals surface area (Å²) >= 11 is 0. The molecular formula is C13H22N2O2. The van der Waals surface area contributed by atoms with E-state index in [1.165, 1.54) is 0 Å². The van der Waals surface area contributed by atoms with Crippen LogP contribution < -0.4 is 4.90 Å². The third-order valence-corrected chi connectivity index (χ3v) is 2.69. The van der Waals surface area contributed by atoms with E-state index < -0.39 is 6.10 Å². The van der Waals surface area contributed by atoms with E-state index in [1.54, 1.807) is 20.2 Å². The van der Waals surface area contributed by atoms with E-state index in [-0.39, 0.29) is 0 Å². The van der Waals surface area contributed by atoms with Gasteiger partial charge in [-0.05, 0) is 32.9 Å². The zero-order valence-electron chi connectivity index (χ0n) is 11.1. The largest absolute Gasteiger partial charge is 0.387 e. The molecule has 0 amide bonds. The molecule has 0 bridgehead atoms. The van der Waals surface area contributed by atoms with Crippen LogP contribution in [0, 0.1) is 0 Å². The quantitative estimate of drug-likeness (QED) is 0.823. The van der Waals surface area contributed by atoms with Crippen LogP contribution in [0.2, 0.25) is 0 Å². The van der Waals surface area contributed by atoms with Gasteiger partial charge in [-0.15, -0.1) is 0 Å². The average Bonchev–Trinajstić information content (AvgIpc) is 2.29. The van der Waals surface area contributed by atoms with Crippen molar-refractivity contribution in [1.29, 1.82) is 0 Å². The minimum absolute atomic E-state index is 0.393. The Bertz CT molecular complexity index is 323. The molecule has 0 aliphatic rings. The second-order valence-corrected chi connectivity index (χ2v) is 4.40. The van der Waals surface area contributed by atoms with Gasteiger partial charge in [0.2, 0.25) is 0 Å². The SMILES string of the molecule is COCCN(c1ccc([C@H](C)O)nc1)C(C)C. The van der Waals surface area contributed by atoms with Crippen LogP contribution in [0.1, 0.15) is 32.6 Å². The molecule has 1 N–H and O–H groups in total. The van der Waals surface area contributed by atoms with Crippen LogP contribution in [-0.4, -0.2) is 36.4 Å². The lowest BCUT2D eigenvalue weighted by Crippen LogP contribution is -2.33. The van der Waals surface area contributed by atoms with Crippen LogP contribution in [0.4, 0.5) is 5.69 Å². The van der Waals surface area contributed by atoms with Crippen molar-refractivity contribution in [3.8, 4) is 0 Å². The average molecular weight is 238 g/mol. The number of aliphatic hydroxyl groups excluding tert-OH is 1. The van der Waals surface area contributed by atoms with Crippen LogP contribution in [0.3, 0.4) is 0 Å². The maximum absolute atomic E-state index is 9.41. The molecule has 0 aliphatic heterocycles. The first-order chi connectivity index (χ1) is 8.06. The first kappa shape index (κ1) is 13.9. The van der Waals surface area contributed by atoms with Gasteiger partial charge in [-0.3, -0.25) is 4.98 Å². The van der Waals surface area contributed by atoms with Gasteiger partial charge < -0.3 is 14.7 Å². The van der Waals surface area contributed by atoms with Crippen LogP contribution in [-0.2, 0) is 4.74 Å². The summed E-state index contributed by atoms with van der Waals surface area (Å²) in [5, 5.41) is 9.41. The molecule has 0 radical (unpaired) electrons. The van der Waals surface area contributed by atoms with Gasteiger partial charge in [0.15, 0.2) is 0 Å². The summed E-state index contributed by atoms with van der Waals surface area (Å²) < 4.78 is 5.10. The van der Waals surface area contributed by atoms with Gasteiger partial charge in [-0.1, -0.05) is 0 Å². The van der Waals surface area contributed by atoms with Crippen molar-refractivity contribution >= 4 is 5.69 Å². The highest BCUT2D eigenvalue weighted by Gasteiger charge is 2.11. The van der Waals surface area contributed by atoms with Gasteiger partial charge >= 0.3 is 0 Å². The second-order valence-electron chi connectivity index (χ2n) is 4.40. The Kier molecular flexibility index (Phi) is 5.38. The van der Waals surface area contributed by atoms with E-state index in [2.05, 4.69) is 23.7 Å². The Balaban J connectivity index is 2.80. The zero-order valence-corrected chi connectivity index (χ0v) is 11.1. The molecule has 1 aromatic rings. The van der Waals surface area contributed by atoms with Crippen molar-refractivity contribution in [3.05, 3.63) is 24.0 Å². The van der Waals surface area contributed by atoms with Gasteiger partial charge in [-0.2, -0.15) is 0 Å². The number of aliphatic hydroxyl groups is 1. The number of nitrogens with zero attached hydrogens (tertiary/aromatic N) is 2. The molecular weight excluding hydrogens is 216 g/mol. The second kappa shape index (κ2) is 6.57. The zero-order chi connectivity index (χ0) is 12.8. The number of rotatable bonds is 6. The molecule has 0 aliphatic carbocycles. The van der Waals surface area contributed by atoms with Crippen LogP contribution in [0.15, 0.2) is 18.3 Å².